The summed E-state index contributed by atoms with van der Waals surface area (Å²) >= 11 is 0. The molecule has 1 aliphatic rings. The van der Waals surface area contributed by atoms with Crippen molar-refractivity contribution in [2.24, 2.45) is 15.2 Å². The summed E-state index contributed by atoms with van der Waals surface area (Å²) in [7, 11) is 0. The van der Waals surface area contributed by atoms with Crippen molar-refractivity contribution in [2.45, 2.75) is 19.9 Å². The van der Waals surface area contributed by atoms with Crippen LogP contribution in [0.2, 0.25) is 0 Å². The first-order valence-corrected chi connectivity index (χ1v) is 3.12. The van der Waals surface area contributed by atoms with Crippen LogP contribution in [-0.4, -0.2) is 24.2 Å². The number of nitrogens with zero attached hydrogens (tertiary/aromatic N) is 3. The van der Waals surface area contributed by atoms with Crippen LogP contribution >= 0.6 is 0 Å². The smallest absolute Gasteiger partial charge is 0.156 e. The molecule has 0 N–H and O–H groups in total. The Hall–Kier alpha value is -1.06. The van der Waals surface area contributed by atoms with Crippen LogP contribution in [0.5, 0.6) is 0 Å². The van der Waals surface area contributed by atoms with Crippen molar-refractivity contribution in [1.82, 2.24) is 0 Å². The highest BCUT2D eigenvalue weighted by Gasteiger charge is 2.14. The first-order chi connectivity index (χ1) is 4.70. The topological polar surface area (TPSA) is 54.1 Å². The number of carbonyl (C=O) groups is 1. The number of hydrogen-bond acceptors (Lipinski definition) is 4. The lowest BCUT2D eigenvalue weighted by molar-refractivity contribution is -0.117. The van der Waals surface area contributed by atoms with E-state index in [0.717, 1.165) is 0 Å². The van der Waals surface area contributed by atoms with Crippen molar-refractivity contribution < 1.29 is 4.79 Å². The molecule has 0 spiro atoms. The Morgan fingerprint density at radius 3 is 2.80 bits per heavy atom. The van der Waals surface area contributed by atoms with Gasteiger partial charge in [-0.1, -0.05) is 0 Å². The zero-order valence-electron chi connectivity index (χ0n) is 6.03. The van der Waals surface area contributed by atoms with Crippen molar-refractivity contribution in [1.29, 1.82) is 0 Å². The van der Waals surface area contributed by atoms with Crippen LogP contribution in [-0.2, 0) is 4.79 Å². The van der Waals surface area contributed by atoms with Gasteiger partial charge in [-0.25, -0.2) is 0 Å². The van der Waals surface area contributed by atoms with E-state index in [-0.39, 0.29) is 11.8 Å². The Bertz CT molecular complexity index is 207. The molecule has 0 saturated heterocycles. The number of ketones is 1. The largest absolute Gasteiger partial charge is 0.298 e. The molecule has 0 aliphatic carbocycles. The number of hydrogen-bond donors (Lipinski definition) is 0. The lowest BCUT2D eigenvalue weighted by atomic mass is 10.2. The Kier molecular flexibility index (Phi) is 1.89. The fourth-order valence-corrected chi connectivity index (χ4v) is 0.732. The van der Waals surface area contributed by atoms with E-state index in [4.69, 9.17) is 0 Å². The van der Waals surface area contributed by atoms with Crippen molar-refractivity contribution >= 4 is 11.6 Å². The van der Waals surface area contributed by atoms with E-state index in [0.29, 0.717) is 12.4 Å². The van der Waals surface area contributed by atoms with Crippen LogP contribution in [0.1, 0.15) is 13.8 Å². The summed E-state index contributed by atoms with van der Waals surface area (Å²) in [6, 6.07) is -0.280. The van der Waals surface area contributed by atoms with Gasteiger partial charge in [0.25, 0.3) is 0 Å². The Morgan fingerprint density at radius 2 is 2.40 bits per heavy atom. The molecule has 0 aromatic heterocycles. The van der Waals surface area contributed by atoms with Crippen LogP contribution in [0, 0.1) is 0 Å². The standard InChI is InChI=1S/C6H9N3O/c1-4(10)6-3-7-9-5(2)8-6/h6H,3H2,1-2H3/t6-/m0/s1. The average molecular weight is 139 g/mol. The number of aliphatic imine (C=N–C) groups is 1. The van der Waals surface area contributed by atoms with Gasteiger partial charge in [-0.05, 0) is 13.8 Å². The van der Waals surface area contributed by atoms with Crippen LogP contribution in [0.15, 0.2) is 15.2 Å². The van der Waals surface area contributed by atoms with Gasteiger partial charge in [0.1, 0.15) is 11.9 Å². The number of azo groups is 1. The maximum Gasteiger partial charge on any atom is 0.156 e. The molecule has 1 atom stereocenters. The zero-order valence-corrected chi connectivity index (χ0v) is 6.03. The minimum atomic E-state index is -0.280. The lowest BCUT2D eigenvalue weighted by Gasteiger charge is -2.08. The molecular weight excluding hydrogens is 130 g/mol. The molecule has 4 nitrogen and oxygen atoms in total. The van der Waals surface area contributed by atoms with E-state index < -0.39 is 0 Å². The fraction of sp³-hybridized carbons (Fsp3) is 0.667. The molecule has 0 aromatic rings. The van der Waals surface area contributed by atoms with Gasteiger partial charge in [-0.3, -0.25) is 9.79 Å². The van der Waals surface area contributed by atoms with Gasteiger partial charge in [0, 0.05) is 0 Å². The molecule has 10 heavy (non-hydrogen) atoms. The van der Waals surface area contributed by atoms with Gasteiger partial charge in [-0.15, -0.1) is 5.11 Å². The normalized spacial score (nSPS) is 24.2. The molecule has 1 rings (SSSR count). The summed E-state index contributed by atoms with van der Waals surface area (Å²) in [6.45, 7) is 3.66. The highest BCUT2D eigenvalue weighted by Crippen LogP contribution is 2.02. The molecule has 0 fully saturated rings. The van der Waals surface area contributed by atoms with E-state index in [9.17, 15) is 4.79 Å². The van der Waals surface area contributed by atoms with Crippen molar-refractivity contribution in [3.63, 3.8) is 0 Å². The lowest BCUT2D eigenvalue weighted by Crippen LogP contribution is -2.22. The second kappa shape index (κ2) is 2.68. The monoisotopic (exact) mass is 139 g/mol. The Morgan fingerprint density at radius 1 is 1.70 bits per heavy atom. The molecule has 0 aromatic carbocycles. The first-order valence-electron chi connectivity index (χ1n) is 3.12. The van der Waals surface area contributed by atoms with Gasteiger partial charge in [0.05, 0.1) is 6.54 Å². The van der Waals surface area contributed by atoms with Gasteiger partial charge in [-0.2, -0.15) is 5.11 Å². The maximum atomic E-state index is 10.7. The highest BCUT2D eigenvalue weighted by atomic mass is 16.1. The number of carbonyl (C=O) groups excluding carboxylic acids is 1. The van der Waals surface area contributed by atoms with E-state index in [1.165, 1.54) is 6.92 Å². The molecule has 4 heteroatoms. The summed E-state index contributed by atoms with van der Waals surface area (Å²) in [5.74, 6) is 0.643. The minimum absolute atomic E-state index is 0.0537. The molecule has 0 amide bonds. The van der Waals surface area contributed by atoms with Crippen molar-refractivity contribution in [2.75, 3.05) is 6.54 Å². The Balaban J connectivity index is 2.69. The van der Waals surface area contributed by atoms with Crippen LogP contribution < -0.4 is 0 Å². The highest BCUT2D eigenvalue weighted by molar-refractivity contribution is 5.88. The van der Waals surface area contributed by atoms with E-state index >= 15 is 0 Å². The summed E-state index contributed by atoms with van der Waals surface area (Å²) < 4.78 is 0. The third kappa shape index (κ3) is 1.46. The predicted molar refractivity (Wildman–Crippen MR) is 37.3 cm³/mol. The zero-order chi connectivity index (χ0) is 7.56. The summed E-state index contributed by atoms with van der Waals surface area (Å²) in [4.78, 5) is 14.7. The molecule has 0 radical (unpaired) electrons. The van der Waals surface area contributed by atoms with E-state index in [1.54, 1.807) is 6.92 Å². The average Bonchev–Trinajstić information content (AvgIpc) is 1.88. The third-order valence-corrected chi connectivity index (χ3v) is 1.28. The molecule has 1 heterocycles. The van der Waals surface area contributed by atoms with Gasteiger partial charge >= 0.3 is 0 Å². The summed E-state index contributed by atoms with van der Waals surface area (Å²) in [6.07, 6.45) is 0. The van der Waals surface area contributed by atoms with Crippen LogP contribution in [0.4, 0.5) is 0 Å². The summed E-state index contributed by atoms with van der Waals surface area (Å²) in [5, 5.41) is 7.42. The third-order valence-electron chi connectivity index (χ3n) is 1.28. The van der Waals surface area contributed by atoms with E-state index in [1.807, 2.05) is 0 Å². The number of amidine groups is 1. The molecule has 0 saturated carbocycles. The maximum absolute atomic E-state index is 10.7. The van der Waals surface area contributed by atoms with Crippen LogP contribution in [0.3, 0.4) is 0 Å². The van der Waals surface area contributed by atoms with E-state index in [2.05, 4.69) is 15.2 Å². The van der Waals surface area contributed by atoms with Gasteiger partial charge in [0.2, 0.25) is 0 Å². The minimum Gasteiger partial charge on any atom is -0.298 e. The fourth-order valence-electron chi connectivity index (χ4n) is 0.732. The number of Topliss-reactive ketones (excluding diaryl/α,β-unsaturated/α-hetero) is 1. The quantitative estimate of drug-likeness (QED) is 0.530. The molecule has 0 unspecified atom stereocenters. The molecule has 54 valence electrons. The SMILES string of the molecule is CC(=O)[C@@H]1CN=NC(C)=N1. The Labute approximate surface area is 59.1 Å². The second-order valence-electron chi connectivity index (χ2n) is 2.23. The van der Waals surface area contributed by atoms with Crippen molar-refractivity contribution in [3.8, 4) is 0 Å². The summed E-state index contributed by atoms with van der Waals surface area (Å²) in [5.41, 5.74) is 0. The van der Waals surface area contributed by atoms with Gasteiger partial charge in [0.15, 0.2) is 5.78 Å². The molecule has 0 bridgehead atoms. The first kappa shape index (κ1) is 7.05. The van der Waals surface area contributed by atoms with Gasteiger partial charge < -0.3 is 0 Å². The second-order valence-corrected chi connectivity index (χ2v) is 2.23. The predicted octanol–water partition coefficient (Wildman–Crippen LogP) is 0.828. The van der Waals surface area contributed by atoms with Crippen molar-refractivity contribution in [3.05, 3.63) is 0 Å². The molecular formula is C6H9N3O. The molecule has 1 aliphatic heterocycles. The van der Waals surface area contributed by atoms with Crippen LogP contribution in [0.25, 0.3) is 0 Å². The number of rotatable bonds is 1.